The number of ether oxygens (including phenoxy) is 1. The van der Waals surface area contributed by atoms with Crippen molar-refractivity contribution in [2.45, 2.75) is 27.2 Å². The van der Waals surface area contributed by atoms with Gasteiger partial charge in [-0.25, -0.2) is 0 Å². The van der Waals surface area contributed by atoms with Gasteiger partial charge in [0.1, 0.15) is 5.75 Å². The Balaban J connectivity index is 2.91. The van der Waals surface area contributed by atoms with Crippen molar-refractivity contribution >= 4 is 22.8 Å². The van der Waals surface area contributed by atoms with E-state index in [0.717, 1.165) is 0 Å². The second kappa shape index (κ2) is 5.32. The van der Waals surface area contributed by atoms with E-state index in [2.05, 4.69) is 0 Å². The number of carbonyl (C=O) groups is 2. The molecule has 1 aromatic carbocycles. The number of hydrogen-bond acceptors (Lipinski definition) is 3. The standard InChI is InChI=1S/C13H15ClO3/c1-13(2,3)12(16)17-10-7-5-4-6-9(10)8-11(14)15/h4-7H,8H2,1-3H3. The van der Waals surface area contributed by atoms with Gasteiger partial charge >= 0.3 is 5.97 Å². The Bertz CT molecular complexity index is 433. The highest BCUT2D eigenvalue weighted by molar-refractivity contribution is 6.63. The minimum atomic E-state index is -0.585. The molecule has 92 valence electrons. The molecule has 0 bridgehead atoms. The van der Waals surface area contributed by atoms with E-state index in [1.54, 1.807) is 45.0 Å². The number of hydrogen-bond donors (Lipinski definition) is 0. The minimum absolute atomic E-state index is 0.0507. The molecule has 0 aliphatic carbocycles. The number of carbonyl (C=O) groups excluding carboxylic acids is 2. The molecular weight excluding hydrogens is 240 g/mol. The Kier molecular flexibility index (Phi) is 4.29. The van der Waals surface area contributed by atoms with Crippen LogP contribution in [0.5, 0.6) is 5.75 Å². The highest BCUT2D eigenvalue weighted by Gasteiger charge is 2.24. The molecule has 0 saturated carbocycles. The summed E-state index contributed by atoms with van der Waals surface area (Å²) in [5, 5.41) is -0.482. The normalized spacial score (nSPS) is 11.1. The Hall–Kier alpha value is -1.35. The summed E-state index contributed by atoms with van der Waals surface area (Å²) >= 11 is 5.33. The van der Waals surface area contributed by atoms with Crippen LogP contribution in [0.3, 0.4) is 0 Å². The van der Waals surface area contributed by atoms with Crippen molar-refractivity contribution in [3.8, 4) is 5.75 Å². The van der Waals surface area contributed by atoms with Crippen LogP contribution in [0.2, 0.25) is 0 Å². The molecular formula is C13H15ClO3. The topological polar surface area (TPSA) is 43.4 Å². The van der Waals surface area contributed by atoms with Crippen molar-refractivity contribution in [1.29, 1.82) is 0 Å². The number of halogens is 1. The van der Waals surface area contributed by atoms with Gasteiger partial charge in [-0.2, -0.15) is 0 Å². The van der Waals surface area contributed by atoms with Crippen molar-refractivity contribution in [2.75, 3.05) is 0 Å². The monoisotopic (exact) mass is 254 g/mol. The lowest BCUT2D eigenvalue weighted by Crippen LogP contribution is -2.26. The van der Waals surface area contributed by atoms with Crippen molar-refractivity contribution < 1.29 is 14.3 Å². The lowest BCUT2D eigenvalue weighted by molar-refractivity contribution is -0.143. The van der Waals surface area contributed by atoms with Crippen LogP contribution in [0.4, 0.5) is 0 Å². The lowest BCUT2D eigenvalue weighted by Gasteiger charge is -2.17. The maximum atomic E-state index is 11.7. The Labute approximate surface area is 106 Å². The van der Waals surface area contributed by atoms with Crippen LogP contribution in [0.15, 0.2) is 24.3 Å². The zero-order valence-corrected chi connectivity index (χ0v) is 10.9. The van der Waals surface area contributed by atoms with Gasteiger partial charge < -0.3 is 4.74 Å². The summed E-state index contributed by atoms with van der Waals surface area (Å²) in [6.07, 6.45) is 0.0507. The van der Waals surface area contributed by atoms with Gasteiger partial charge in [0.25, 0.3) is 0 Å². The molecule has 3 nitrogen and oxygen atoms in total. The van der Waals surface area contributed by atoms with Gasteiger partial charge in [0.2, 0.25) is 5.24 Å². The molecule has 4 heteroatoms. The first-order valence-corrected chi connectivity index (χ1v) is 5.67. The fraction of sp³-hybridized carbons (Fsp3) is 0.385. The zero-order valence-electron chi connectivity index (χ0n) is 10.1. The van der Waals surface area contributed by atoms with E-state index in [4.69, 9.17) is 16.3 Å². The highest BCUT2D eigenvalue weighted by atomic mass is 35.5. The quantitative estimate of drug-likeness (QED) is 0.473. The highest BCUT2D eigenvalue weighted by Crippen LogP contribution is 2.23. The van der Waals surface area contributed by atoms with Gasteiger partial charge in [0, 0.05) is 5.56 Å². The average molecular weight is 255 g/mol. The molecule has 0 aliphatic heterocycles. The SMILES string of the molecule is CC(C)(C)C(=O)Oc1ccccc1CC(=O)Cl. The molecule has 0 heterocycles. The van der Waals surface area contributed by atoms with Crippen molar-refractivity contribution in [3.05, 3.63) is 29.8 Å². The van der Waals surface area contributed by atoms with E-state index >= 15 is 0 Å². The smallest absolute Gasteiger partial charge is 0.316 e. The predicted octanol–water partition coefficient (Wildman–Crippen LogP) is 2.95. The molecule has 0 radical (unpaired) electrons. The van der Waals surface area contributed by atoms with Gasteiger partial charge in [-0.05, 0) is 38.4 Å². The number of benzene rings is 1. The average Bonchev–Trinajstić information content (AvgIpc) is 2.18. The van der Waals surface area contributed by atoms with E-state index in [1.807, 2.05) is 0 Å². The third-order valence-electron chi connectivity index (χ3n) is 2.12. The van der Waals surface area contributed by atoms with E-state index in [-0.39, 0.29) is 12.4 Å². The molecule has 0 fully saturated rings. The number of esters is 1. The molecule has 0 spiro atoms. The molecule has 0 unspecified atom stereocenters. The molecule has 0 aliphatic rings. The van der Waals surface area contributed by atoms with Crippen LogP contribution >= 0.6 is 11.6 Å². The van der Waals surface area contributed by atoms with Crippen LogP contribution < -0.4 is 4.74 Å². The third-order valence-corrected chi connectivity index (χ3v) is 2.25. The van der Waals surface area contributed by atoms with Crippen molar-refractivity contribution in [2.24, 2.45) is 5.41 Å². The van der Waals surface area contributed by atoms with Crippen molar-refractivity contribution in [3.63, 3.8) is 0 Å². The Morgan fingerprint density at radius 3 is 2.35 bits per heavy atom. The summed E-state index contributed by atoms with van der Waals surface area (Å²) in [5.74, 6) is 0.0494. The van der Waals surface area contributed by atoms with Gasteiger partial charge in [-0.1, -0.05) is 18.2 Å². The summed E-state index contributed by atoms with van der Waals surface area (Å²) in [6.45, 7) is 5.31. The molecule has 1 aromatic rings. The maximum Gasteiger partial charge on any atom is 0.316 e. The summed E-state index contributed by atoms with van der Waals surface area (Å²) in [4.78, 5) is 22.6. The molecule has 0 N–H and O–H groups in total. The summed E-state index contributed by atoms with van der Waals surface area (Å²) in [7, 11) is 0. The molecule has 0 amide bonds. The van der Waals surface area contributed by atoms with E-state index in [1.165, 1.54) is 0 Å². The van der Waals surface area contributed by atoms with Gasteiger partial charge in [0.15, 0.2) is 0 Å². The lowest BCUT2D eigenvalue weighted by atomic mass is 9.97. The van der Waals surface area contributed by atoms with Crippen LogP contribution in [-0.4, -0.2) is 11.2 Å². The molecule has 0 aromatic heterocycles. The Morgan fingerprint density at radius 2 is 1.82 bits per heavy atom. The third kappa shape index (κ3) is 4.19. The van der Waals surface area contributed by atoms with E-state index < -0.39 is 10.7 Å². The largest absolute Gasteiger partial charge is 0.426 e. The zero-order chi connectivity index (χ0) is 13.1. The number of rotatable bonds is 3. The van der Waals surface area contributed by atoms with Crippen LogP contribution in [0.1, 0.15) is 26.3 Å². The first kappa shape index (κ1) is 13.7. The van der Waals surface area contributed by atoms with Gasteiger partial charge in [-0.3, -0.25) is 9.59 Å². The van der Waals surface area contributed by atoms with Gasteiger partial charge in [-0.15, -0.1) is 0 Å². The summed E-state index contributed by atoms with van der Waals surface area (Å²) in [5.41, 5.74) is 0.0306. The molecule has 1 rings (SSSR count). The van der Waals surface area contributed by atoms with Crippen LogP contribution in [0.25, 0.3) is 0 Å². The first-order chi connectivity index (χ1) is 7.80. The Morgan fingerprint density at radius 1 is 1.24 bits per heavy atom. The maximum absolute atomic E-state index is 11.7. The molecule has 0 atom stereocenters. The molecule has 17 heavy (non-hydrogen) atoms. The second-order valence-electron chi connectivity index (χ2n) is 4.78. The van der Waals surface area contributed by atoms with E-state index in [0.29, 0.717) is 11.3 Å². The first-order valence-electron chi connectivity index (χ1n) is 5.29. The van der Waals surface area contributed by atoms with E-state index in [9.17, 15) is 9.59 Å². The van der Waals surface area contributed by atoms with Crippen LogP contribution in [0, 0.1) is 5.41 Å². The fourth-order valence-corrected chi connectivity index (χ4v) is 1.30. The van der Waals surface area contributed by atoms with Crippen molar-refractivity contribution in [1.82, 2.24) is 0 Å². The van der Waals surface area contributed by atoms with Gasteiger partial charge in [0.05, 0.1) is 11.8 Å². The van der Waals surface area contributed by atoms with Crippen LogP contribution in [-0.2, 0) is 16.0 Å². The minimum Gasteiger partial charge on any atom is -0.426 e. The molecule has 0 saturated heterocycles. The predicted molar refractivity (Wildman–Crippen MR) is 66.1 cm³/mol. The summed E-state index contributed by atoms with van der Waals surface area (Å²) in [6, 6.07) is 6.88. The summed E-state index contributed by atoms with van der Waals surface area (Å²) < 4.78 is 5.26. The fourth-order valence-electron chi connectivity index (χ4n) is 1.15. The number of para-hydroxylation sites is 1. The second-order valence-corrected chi connectivity index (χ2v) is 5.20.